The number of primary amides is 1. The SMILES string of the molecule is CCCCC(=O)N[C@H]1CC(=O)NCCCC[C@@H](C(N)=O)NC(=O)[C@H](Cc2c[nH]c3ccccc23)NC(=O)[C@H](CCCN=C(N)N)NC(=O)[C@@H](Cc2ccccc2)NC(=O)[C@@H]2c3ccccc3CN2C1=O. The van der Waals surface area contributed by atoms with Gasteiger partial charge in [0.05, 0.1) is 6.42 Å². The standard InChI is InChI=1S/C50H64N12O8/c1-2-3-22-41(63)57-40-27-42(64)54-23-12-11-20-36(44(51)65)58-47(68)39(26-32-28-56-35-19-10-9-17-33(32)35)60-45(66)37(21-13-24-55-50(52)53)59-46(67)38(25-30-14-5-4-6-15-30)61-48(69)43-34-18-8-7-16-31(34)29-62(43)49(40)70/h4-10,14-19,28,36-40,43,56H,2-3,11-13,20-27,29H2,1H3,(H2,51,65)(H,54,64)(H,57,63)(H,58,68)(H,59,67)(H,60,66)(H,61,69)(H4,52,53,55)/t36-,37-,38+,39-,40-,43-/m0/s1. The Hall–Kier alpha value is -7.77. The van der Waals surface area contributed by atoms with Gasteiger partial charge in [0.2, 0.25) is 47.3 Å². The van der Waals surface area contributed by atoms with Gasteiger partial charge in [-0.25, -0.2) is 0 Å². The fourth-order valence-electron chi connectivity index (χ4n) is 8.75. The Labute approximate surface area is 406 Å². The van der Waals surface area contributed by atoms with Gasteiger partial charge in [0.15, 0.2) is 5.96 Å². The number of hydrogen-bond donors (Lipinski definition) is 10. The zero-order valence-corrected chi connectivity index (χ0v) is 39.3. The highest BCUT2D eigenvalue weighted by molar-refractivity contribution is 5.99. The third kappa shape index (κ3) is 14.1. The maximum absolute atomic E-state index is 14.8. The second-order valence-corrected chi connectivity index (χ2v) is 17.7. The van der Waals surface area contributed by atoms with E-state index in [1.54, 1.807) is 60.8 Å². The van der Waals surface area contributed by atoms with E-state index in [0.717, 1.165) is 10.9 Å². The topological polar surface area (TPSA) is 318 Å². The van der Waals surface area contributed by atoms with Gasteiger partial charge in [-0.15, -0.1) is 0 Å². The predicted octanol–water partition coefficient (Wildman–Crippen LogP) is 0.880. The second-order valence-electron chi connectivity index (χ2n) is 17.7. The number of nitrogens with two attached hydrogens (primary N) is 3. The van der Waals surface area contributed by atoms with Crippen molar-refractivity contribution in [3.8, 4) is 0 Å². The van der Waals surface area contributed by atoms with Crippen molar-refractivity contribution in [2.45, 2.75) is 120 Å². The lowest BCUT2D eigenvalue weighted by Gasteiger charge is -2.30. The number of carbonyl (C=O) groups is 8. The average Bonchev–Trinajstić information content (AvgIpc) is 3.94. The fourth-order valence-corrected chi connectivity index (χ4v) is 8.75. The first-order chi connectivity index (χ1) is 33.7. The first-order valence-electron chi connectivity index (χ1n) is 23.8. The molecule has 6 atom stereocenters. The molecule has 0 radical (unpaired) electrons. The fraction of sp³-hybridized carbons (Fsp3) is 0.420. The minimum absolute atomic E-state index is 0.0118. The molecule has 0 spiro atoms. The van der Waals surface area contributed by atoms with Crippen molar-refractivity contribution in [3.63, 3.8) is 0 Å². The lowest BCUT2D eigenvalue weighted by atomic mass is 10.0. The number of aromatic nitrogens is 1. The summed E-state index contributed by atoms with van der Waals surface area (Å²) in [6.45, 7) is 2.10. The molecule has 1 saturated heterocycles. The van der Waals surface area contributed by atoms with Gasteiger partial charge in [0, 0.05) is 56.0 Å². The van der Waals surface area contributed by atoms with Gasteiger partial charge in [-0.2, -0.15) is 0 Å². The number of benzene rings is 3. The van der Waals surface area contributed by atoms with Gasteiger partial charge in [-0.3, -0.25) is 43.3 Å². The Bertz CT molecular complexity index is 2540. The highest BCUT2D eigenvalue weighted by Gasteiger charge is 2.43. The molecule has 372 valence electrons. The molecule has 2 aliphatic heterocycles. The molecule has 0 saturated carbocycles. The van der Waals surface area contributed by atoms with Crippen LogP contribution in [-0.2, 0) is 57.7 Å². The minimum atomic E-state index is -1.36. The minimum Gasteiger partial charge on any atom is -0.370 e. The third-order valence-electron chi connectivity index (χ3n) is 12.4. The van der Waals surface area contributed by atoms with E-state index >= 15 is 0 Å². The van der Waals surface area contributed by atoms with Crippen LogP contribution in [0.2, 0.25) is 0 Å². The molecule has 20 nitrogen and oxygen atoms in total. The number of hydrogen-bond acceptors (Lipinski definition) is 9. The molecule has 4 aromatic rings. The zero-order valence-electron chi connectivity index (χ0n) is 39.3. The predicted molar refractivity (Wildman–Crippen MR) is 262 cm³/mol. The third-order valence-corrected chi connectivity index (χ3v) is 12.4. The van der Waals surface area contributed by atoms with Crippen LogP contribution in [0.3, 0.4) is 0 Å². The van der Waals surface area contributed by atoms with Crippen LogP contribution in [0.15, 0.2) is 90.1 Å². The summed E-state index contributed by atoms with van der Waals surface area (Å²) in [6, 6.07) is 15.5. The zero-order chi connectivity index (χ0) is 50.2. The maximum atomic E-state index is 14.8. The van der Waals surface area contributed by atoms with Crippen LogP contribution >= 0.6 is 0 Å². The maximum Gasteiger partial charge on any atom is 0.248 e. The van der Waals surface area contributed by atoms with Gasteiger partial charge >= 0.3 is 0 Å². The number of para-hydroxylation sites is 1. The van der Waals surface area contributed by atoms with Gasteiger partial charge in [-0.05, 0) is 66.8 Å². The second kappa shape index (κ2) is 25.0. The number of aliphatic imine (C=N–C) groups is 1. The van der Waals surface area contributed by atoms with Crippen LogP contribution in [-0.4, -0.2) is 106 Å². The monoisotopic (exact) mass is 960 g/mol. The van der Waals surface area contributed by atoms with E-state index in [2.05, 4.69) is 41.9 Å². The average molecular weight is 961 g/mol. The first kappa shape index (κ1) is 51.6. The molecule has 3 aromatic carbocycles. The van der Waals surface area contributed by atoms with Crippen molar-refractivity contribution in [1.82, 2.24) is 41.8 Å². The van der Waals surface area contributed by atoms with E-state index < -0.39 is 89.9 Å². The summed E-state index contributed by atoms with van der Waals surface area (Å²) >= 11 is 0. The number of aromatic amines is 1. The molecule has 8 amide bonds. The number of carbonyl (C=O) groups excluding carboxylic acids is 8. The van der Waals surface area contributed by atoms with Crippen LogP contribution in [0, 0.1) is 0 Å². The Morgan fingerprint density at radius 1 is 0.757 bits per heavy atom. The highest BCUT2D eigenvalue weighted by Crippen LogP contribution is 2.35. The molecular weight excluding hydrogens is 897 g/mol. The molecule has 0 unspecified atom stereocenters. The Kier molecular flexibility index (Phi) is 18.4. The van der Waals surface area contributed by atoms with Gasteiger partial charge < -0.3 is 59.0 Å². The van der Waals surface area contributed by atoms with Gasteiger partial charge in [-0.1, -0.05) is 86.1 Å². The summed E-state index contributed by atoms with van der Waals surface area (Å²) in [7, 11) is 0. The summed E-state index contributed by atoms with van der Waals surface area (Å²) < 4.78 is 0. The molecular formula is C50H64N12O8. The van der Waals surface area contributed by atoms with E-state index in [0.29, 0.717) is 47.9 Å². The molecule has 0 bridgehead atoms. The van der Waals surface area contributed by atoms with Gasteiger partial charge in [0.1, 0.15) is 36.3 Å². The smallest absolute Gasteiger partial charge is 0.248 e. The van der Waals surface area contributed by atoms with Crippen LogP contribution in [0.1, 0.15) is 93.0 Å². The van der Waals surface area contributed by atoms with Crippen molar-refractivity contribution in [3.05, 3.63) is 107 Å². The molecule has 2 aliphatic rings. The van der Waals surface area contributed by atoms with Crippen molar-refractivity contribution in [2.75, 3.05) is 13.1 Å². The van der Waals surface area contributed by atoms with Crippen molar-refractivity contribution in [1.29, 1.82) is 0 Å². The van der Waals surface area contributed by atoms with Gasteiger partial charge in [0.25, 0.3) is 0 Å². The van der Waals surface area contributed by atoms with Crippen LogP contribution < -0.4 is 49.1 Å². The summed E-state index contributed by atoms with van der Waals surface area (Å²) in [5.41, 5.74) is 20.3. The number of amides is 8. The summed E-state index contributed by atoms with van der Waals surface area (Å²) in [5.74, 6) is -5.61. The molecule has 70 heavy (non-hydrogen) atoms. The largest absolute Gasteiger partial charge is 0.370 e. The Morgan fingerprint density at radius 2 is 1.43 bits per heavy atom. The molecule has 0 aliphatic carbocycles. The highest BCUT2D eigenvalue weighted by atomic mass is 16.2. The van der Waals surface area contributed by atoms with Crippen LogP contribution in [0.25, 0.3) is 10.9 Å². The molecule has 6 rings (SSSR count). The first-order valence-corrected chi connectivity index (χ1v) is 23.8. The number of rotatable bonds is 13. The molecule has 1 aromatic heterocycles. The Morgan fingerprint density at radius 3 is 2.19 bits per heavy atom. The van der Waals surface area contributed by atoms with Crippen molar-refractivity contribution >= 4 is 64.1 Å². The molecule has 13 N–H and O–H groups in total. The summed E-state index contributed by atoms with van der Waals surface area (Å²) in [4.78, 5) is 121. The van der Waals surface area contributed by atoms with E-state index in [4.69, 9.17) is 17.2 Å². The summed E-state index contributed by atoms with van der Waals surface area (Å²) in [6.07, 6.45) is 3.51. The number of fused-ring (bicyclic) bond motifs is 4. The molecule has 3 heterocycles. The van der Waals surface area contributed by atoms with E-state index in [9.17, 15) is 38.4 Å². The number of H-pyrrole nitrogens is 1. The van der Waals surface area contributed by atoms with E-state index in [1.807, 2.05) is 31.2 Å². The lowest BCUT2D eigenvalue weighted by Crippen LogP contribution is -2.59. The number of guanidine groups is 1. The van der Waals surface area contributed by atoms with Crippen molar-refractivity contribution < 1.29 is 38.4 Å². The van der Waals surface area contributed by atoms with Crippen molar-refractivity contribution in [2.24, 2.45) is 22.2 Å². The number of nitrogens with one attached hydrogen (secondary N) is 7. The van der Waals surface area contributed by atoms with E-state index in [-0.39, 0.29) is 64.1 Å². The number of nitrogens with zero attached hydrogens (tertiary/aromatic N) is 2. The summed E-state index contributed by atoms with van der Waals surface area (Å²) in [5, 5.41) is 17.5. The normalized spacial score (nSPS) is 22.0. The quantitative estimate of drug-likeness (QED) is 0.0513. The molecule has 20 heteroatoms. The van der Waals surface area contributed by atoms with E-state index in [1.165, 1.54) is 4.90 Å². The lowest BCUT2D eigenvalue weighted by molar-refractivity contribution is -0.145. The van der Waals surface area contributed by atoms with Crippen LogP contribution in [0.4, 0.5) is 0 Å². The van der Waals surface area contributed by atoms with Crippen LogP contribution in [0.5, 0.6) is 0 Å². The number of unbranched alkanes of at least 4 members (excludes halogenated alkanes) is 1. The molecule has 1 fully saturated rings. The Balaban J connectivity index is 1.39.